The van der Waals surface area contributed by atoms with Gasteiger partial charge in [-0.3, -0.25) is 4.79 Å². The zero-order valence-electron chi connectivity index (χ0n) is 11.8. The topological polar surface area (TPSA) is 42.0 Å². The molecule has 112 valence electrons. The number of rotatable bonds is 4. The Balaban J connectivity index is 1.66. The number of hydrogen-bond donors (Lipinski definition) is 1. The summed E-state index contributed by atoms with van der Waals surface area (Å²) in [6, 6.07) is 11.8. The number of thiazole rings is 1. The fourth-order valence-corrected chi connectivity index (χ4v) is 4.24. The number of hydrogen-bond acceptors (Lipinski definition) is 4. The molecular weight excluding hydrogens is 380 g/mol. The van der Waals surface area contributed by atoms with Gasteiger partial charge in [0.05, 0.1) is 20.8 Å². The molecule has 3 aromatic rings. The monoisotopic (exact) mass is 392 g/mol. The second-order valence-corrected chi connectivity index (χ2v) is 8.23. The van der Waals surface area contributed by atoms with E-state index in [0.717, 1.165) is 30.6 Å². The first-order chi connectivity index (χ1) is 10.6. The predicted molar refractivity (Wildman–Crippen MR) is 96.6 cm³/mol. The minimum Gasteiger partial charge on any atom is -0.326 e. The maximum atomic E-state index is 12.1. The first-order valence-corrected chi connectivity index (χ1v) is 9.16. The quantitative estimate of drug-likeness (QED) is 0.668. The second-order valence-electron chi connectivity index (χ2n) is 4.82. The highest BCUT2D eigenvalue weighted by molar-refractivity contribution is 9.11. The molecule has 0 aliphatic rings. The first kappa shape index (κ1) is 15.4. The van der Waals surface area contributed by atoms with E-state index in [-0.39, 0.29) is 5.91 Å². The van der Waals surface area contributed by atoms with Crippen molar-refractivity contribution in [1.29, 1.82) is 0 Å². The Bertz CT molecular complexity index is 810. The fraction of sp³-hybridized carbons (Fsp3) is 0.125. The van der Waals surface area contributed by atoms with Crippen LogP contribution in [0.3, 0.4) is 0 Å². The van der Waals surface area contributed by atoms with Crippen LogP contribution in [0.5, 0.6) is 0 Å². The van der Waals surface area contributed by atoms with Crippen LogP contribution in [0.25, 0.3) is 10.6 Å². The Kier molecular flexibility index (Phi) is 4.71. The number of aryl methyl sites for hydroxylation is 1. The van der Waals surface area contributed by atoms with Crippen molar-refractivity contribution in [2.24, 2.45) is 0 Å². The van der Waals surface area contributed by atoms with Gasteiger partial charge in [-0.2, -0.15) is 0 Å². The normalized spacial score (nSPS) is 10.6. The SMILES string of the molecule is Cc1cccc(NC(=O)Cc2nc(-c3ccc(Br)s3)cs2)c1. The molecular formula is C16H13BrN2OS2. The number of anilines is 1. The number of amides is 1. The molecule has 6 heteroatoms. The van der Waals surface area contributed by atoms with E-state index in [9.17, 15) is 4.79 Å². The van der Waals surface area contributed by atoms with Crippen molar-refractivity contribution < 1.29 is 4.79 Å². The van der Waals surface area contributed by atoms with Crippen molar-refractivity contribution in [3.05, 3.63) is 56.1 Å². The van der Waals surface area contributed by atoms with Gasteiger partial charge in [0.2, 0.25) is 5.91 Å². The Morgan fingerprint density at radius 2 is 2.18 bits per heavy atom. The third kappa shape index (κ3) is 3.82. The van der Waals surface area contributed by atoms with Crippen LogP contribution < -0.4 is 5.32 Å². The zero-order chi connectivity index (χ0) is 15.5. The van der Waals surface area contributed by atoms with E-state index in [1.165, 1.54) is 11.3 Å². The molecule has 1 N–H and O–H groups in total. The minimum absolute atomic E-state index is 0.0427. The standard InChI is InChI=1S/C16H13BrN2OS2/c1-10-3-2-4-11(7-10)18-15(20)8-16-19-12(9-21-16)13-5-6-14(17)22-13/h2-7,9H,8H2,1H3,(H,18,20). The van der Waals surface area contributed by atoms with E-state index in [1.807, 2.05) is 48.7 Å². The van der Waals surface area contributed by atoms with Crippen LogP contribution in [-0.4, -0.2) is 10.9 Å². The average molecular weight is 393 g/mol. The number of benzene rings is 1. The number of nitrogens with zero attached hydrogens (tertiary/aromatic N) is 1. The van der Waals surface area contributed by atoms with Gasteiger partial charge in [0.1, 0.15) is 5.01 Å². The summed E-state index contributed by atoms with van der Waals surface area (Å²) in [6.07, 6.45) is 0.297. The van der Waals surface area contributed by atoms with Crippen molar-refractivity contribution in [3.8, 4) is 10.6 Å². The molecule has 0 aliphatic carbocycles. The lowest BCUT2D eigenvalue weighted by Crippen LogP contribution is -2.14. The Morgan fingerprint density at radius 1 is 1.32 bits per heavy atom. The summed E-state index contributed by atoms with van der Waals surface area (Å²) >= 11 is 6.60. The van der Waals surface area contributed by atoms with Crippen LogP contribution in [0.1, 0.15) is 10.6 Å². The van der Waals surface area contributed by atoms with Crippen molar-refractivity contribution in [1.82, 2.24) is 4.98 Å². The van der Waals surface area contributed by atoms with Crippen LogP contribution in [0.4, 0.5) is 5.69 Å². The van der Waals surface area contributed by atoms with Crippen molar-refractivity contribution in [2.75, 3.05) is 5.32 Å². The maximum Gasteiger partial charge on any atom is 0.231 e. The maximum absolute atomic E-state index is 12.1. The van der Waals surface area contributed by atoms with Crippen LogP contribution in [0.2, 0.25) is 0 Å². The van der Waals surface area contributed by atoms with Gasteiger partial charge in [-0.25, -0.2) is 4.98 Å². The van der Waals surface area contributed by atoms with E-state index >= 15 is 0 Å². The lowest BCUT2D eigenvalue weighted by molar-refractivity contribution is -0.115. The number of carbonyl (C=O) groups excluding carboxylic acids is 1. The molecule has 3 nitrogen and oxygen atoms in total. The van der Waals surface area contributed by atoms with E-state index in [2.05, 4.69) is 26.2 Å². The van der Waals surface area contributed by atoms with Crippen LogP contribution in [0.15, 0.2) is 45.6 Å². The summed E-state index contributed by atoms with van der Waals surface area (Å²) in [5.41, 5.74) is 2.88. The van der Waals surface area contributed by atoms with Gasteiger partial charge in [-0.05, 0) is 52.7 Å². The summed E-state index contributed by atoms with van der Waals surface area (Å²) in [5.74, 6) is -0.0427. The smallest absolute Gasteiger partial charge is 0.231 e. The molecule has 0 bridgehead atoms. The highest BCUT2D eigenvalue weighted by atomic mass is 79.9. The first-order valence-electron chi connectivity index (χ1n) is 6.67. The summed E-state index contributed by atoms with van der Waals surface area (Å²) in [4.78, 5) is 17.7. The van der Waals surface area contributed by atoms with Gasteiger partial charge < -0.3 is 5.32 Å². The molecule has 3 rings (SSSR count). The van der Waals surface area contributed by atoms with Gasteiger partial charge in [0.25, 0.3) is 0 Å². The molecule has 0 spiro atoms. The fourth-order valence-electron chi connectivity index (χ4n) is 2.02. The number of nitrogens with one attached hydrogen (secondary N) is 1. The molecule has 2 aromatic heterocycles. The van der Waals surface area contributed by atoms with E-state index in [0.29, 0.717) is 6.42 Å². The average Bonchev–Trinajstić information content (AvgIpc) is 3.07. The van der Waals surface area contributed by atoms with Gasteiger partial charge in [0.15, 0.2) is 0 Å². The van der Waals surface area contributed by atoms with E-state index in [1.54, 1.807) is 11.3 Å². The molecule has 0 saturated heterocycles. The molecule has 0 radical (unpaired) electrons. The molecule has 0 aliphatic heterocycles. The Labute approximate surface area is 145 Å². The lowest BCUT2D eigenvalue weighted by Gasteiger charge is -2.04. The number of aromatic nitrogens is 1. The molecule has 0 atom stereocenters. The number of carbonyl (C=O) groups is 1. The molecule has 2 heterocycles. The molecule has 1 aromatic carbocycles. The highest BCUT2D eigenvalue weighted by Crippen LogP contribution is 2.31. The highest BCUT2D eigenvalue weighted by Gasteiger charge is 2.10. The molecule has 1 amide bonds. The van der Waals surface area contributed by atoms with Crippen LogP contribution in [-0.2, 0) is 11.2 Å². The second kappa shape index (κ2) is 6.73. The number of halogens is 1. The minimum atomic E-state index is -0.0427. The predicted octanol–water partition coefficient (Wildman–Crippen LogP) is 5.12. The molecule has 0 unspecified atom stereocenters. The van der Waals surface area contributed by atoms with Gasteiger partial charge in [-0.1, -0.05) is 12.1 Å². The Morgan fingerprint density at radius 3 is 2.91 bits per heavy atom. The third-order valence-electron chi connectivity index (χ3n) is 2.99. The van der Waals surface area contributed by atoms with E-state index < -0.39 is 0 Å². The largest absolute Gasteiger partial charge is 0.326 e. The van der Waals surface area contributed by atoms with Crippen LogP contribution in [0, 0.1) is 6.92 Å². The molecule has 22 heavy (non-hydrogen) atoms. The van der Waals surface area contributed by atoms with Crippen molar-refractivity contribution in [3.63, 3.8) is 0 Å². The lowest BCUT2D eigenvalue weighted by atomic mass is 10.2. The molecule has 0 fully saturated rings. The summed E-state index contributed by atoms with van der Waals surface area (Å²) in [5, 5.41) is 5.72. The van der Waals surface area contributed by atoms with E-state index in [4.69, 9.17) is 0 Å². The summed E-state index contributed by atoms with van der Waals surface area (Å²) < 4.78 is 1.08. The zero-order valence-corrected chi connectivity index (χ0v) is 15.0. The number of thiophene rings is 1. The summed E-state index contributed by atoms with van der Waals surface area (Å²) in [6.45, 7) is 2.00. The molecule has 0 saturated carbocycles. The Hall–Kier alpha value is -1.50. The van der Waals surface area contributed by atoms with Gasteiger partial charge in [-0.15, -0.1) is 22.7 Å². The van der Waals surface area contributed by atoms with Gasteiger partial charge >= 0.3 is 0 Å². The summed E-state index contributed by atoms with van der Waals surface area (Å²) in [7, 11) is 0. The van der Waals surface area contributed by atoms with Crippen molar-refractivity contribution in [2.45, 2.75) is 13.3 Å². The third-order valence-corrected chi connectivity index (χ3v) is 5.49. The van der Waals surface area contributed by atoms with Crippen LogP contribution >= 0.6 is 38.6 Å². The van der Waals surface area contributed by atoms with Gasteiger partial charge in [0, 0.05) is 11.1 Å². The van der Waals surface area contributed by atoms with Crippen molar-refractivity contribution >= 4 is 50.2 Å².